The number of aliphatic carboxylic acids is 1. The monoisotopic (exact) mass is 344 g/mol. The van der Waals surface area contributed by atoms with Gasteiger partial charge in [0, 0.05) is 19.0 Å². The lowest BCUT2D eigenvalue weighted by atomic mass is 9.75. The number of hydrogen-bond acceptors (Lipinski definition) is 2. The molecule has 8 heteroatoms. The number of benzene rings is 1. The number of amides is 2. The number of hydrogen-bond donors (Lipinski definition) is 3. The van der Waals surface area contributed by atoms with Gasteiger partial charge in [0.2, 0.25) is 0 Å². The molecule has 0 aromatic heterocycles. The van der Waals surface area contributed by atoms with Gasteiger partial charge in [0.05, 0.1) is 5.56 Å². The minimum atomic E-state index is -4.35. The first-order valence-electron chi connectivity index (χ1n) is 7.69. The molecule has 0 bridgehead atoms. The Morgan fingerprint density at radius 1 is 1.25 bits per heavy atom. The normalized spacial score (nSPS) is 20.1. The molecule has 1 aromatic rings. The van der Waals surface area contributed by atoms with E-state index >= 15 is 0 Å². The highest BCUT2D eigenvalue weighted by atomic mass is 19.4. The van der Waals surface area contributed by atoms with Crippen LogP contribution in [0.3, 0.4) is 0 Å². The van der Waals surface area contributed by atoms with Gasteiger partial charge in [-0.3, -0.25) is 4.79 Å². The molecule has 2 rings (SSSR count). The van der Waals surface area contributed by atoms with E-state index in [1.807, 2.05) is 0 Å². The molecule has 2 amide bonds. The van der Waals surface area contributed by atoms with Crippen molar-refractivity contribution in [2.24, 2.45) is 0 Å². The van der Waals surface area contributed by atoms with Gasteiger partial charge in [-0.25, -0.2) is 4.79 Å². The van der Waals surface area contributed by atoms with Crippen molar-refractivity contribution in [3.63, 3.8) is 0 Å². The Balaban J connectivity index is 1.73. The van der Waals surface area contributed by atoms with Gasteiger partial charge in [0.25, 0.3) is 0 Å². The lowest BCUT2D eigenvalue weighted by Gasteiger charge is -2.36. The lowest BCUT2D eigenvalue weighted by molar-refractivity contribution is -0.138. The zero-order valence-electron chi connectivity index (χ0n) is 12.9. The first-order valence-corrected chi connectivity index (χ1v) is 7.69. The third kappa shape index (κ3) is 5.14. The van der Waals surface area contributed by atoms with Gasteiger partial charge in [-0.15, -0.1) is 0 Å². The quantitative estimate of drug-likeness (QED) is 0.694. The van der Waals surface area contributed by atoms with Crippen LogP contribution in [-0.2, 0) is 11.0 Å². The predicted molar refractivity (Wildman–Crippen MR) is 80.6 cm³/mol. The molecule has 24 heavy (non-hydrogen) atoms. The standard InChI is InChI=1S/C16H19F3N2O3/c17-16(18,19)12-4-1-3-10(7-12)11-8-13(9-11)21-15(24)20-6-2-5-14(22)23/h1,3-4,7,11,13H,2,5-6,8-9H2,(H,22,23)(H2,20,21,24). The molecule has 0 spiro atoms. The summed E-state index contributed by atoms with van der Waals surface area (Å²) in [6.45, 7) is 0.266. The highest BCUT2D eigenvalue weighted by Gasteiger charge is 2.34. The fourth-order valence-corrected chi connectivity index (χ4v) is 2.65. The molecule has 5 nitrogen and oxygen atoms in total. The Kier molecular flexibility index (Phi) is 5.69. The summed E-state index contributed by atoms with van der Waals surface area (Å²) in [6, 6.07) is 4.81. The number of carboxylic acids is 1. The van der Waals surface area contributed by atoms with Crippen LogP contribution in [0, 0.1) is 0 Å². The van der Waals surface area contributed by atoms with Crippen LogP contribution < -0.4 is 10.6 Å². The van der Waals surface area contributed by atoms with Gasteiger partial charge in [-0.05, 0) is 36.8 Å². The number of carbonyl (C=O) groups is 2. The van der Waals surface area contributed by atoms with E-state index in [2.05, 4.69) is 10.6 Å². The van der Waals surface area contributed by atoms with E-state index in [4.69, 9.17) is 5.11 Å². The summed E-state index contributed by atoms with van der Waals surface area (Å²) in [4.78, 5) is 21.9. The van der Waals surface area contributed by atoms with Crippen LogP contribution in [-0.4, -0.2) is 29.7 Å². The van der Waals surface area contributed by atoms with Gasteiger partial charge < -0.3 is 15.7 Å². The van der Waals surface area contributed by atoms with Crippen molar-refractivity contribution in [3.05, 3.63) is 35.4 Å². The van der Waals surface area contributed by atoms with E-state index in [1.165, 1.54) is 6.07 Å². The van der Waals surface area contributed by atoms with Gasteiger partial charge >= 0.3 is 18.2 Å². The first-order chi connectivity index (χ1) is 11.3. The Bertz CT molecular complexity index is 598. The number of rotatable bonds is 6. The van der Waals surface area contributed by atoms with Crippen molar-refractivity contribution >= 4 is 12.0 Å². The summed E-state index contributed by atoms with van der Waals surface area (Å²) >= 11 is 0. The maximum absolute atomic E-state index is 12.7. The fraction of sp³-hybridized carbons (Fsp3) is 0.500. The first kappa shape index (κ1) is 18.1. The molecule has 1 fully saturated rings. The summed E-state index contributed by atoms with van der Waals surface area (Å²) in [6.07, 6.45) is -2.84. The molecule has 0 unspecified atom stereocenters. The minimum Gasteiger partial charge on any atom is -0.481 e. The summed E-state index contributed by atoms with van der Waals surface area (Å²) in [5.74, 6) is -0.912. The van der Waals surface area contributed by atoms with Gasteiger partial charge in [-0.1, -0.05) is 18.2 Å². The van der Waals surface area contributed by atoms with E-state index in [0.29, 0.717) is 24.8 Å². The number of carbonyl (C=O) groups excluding carboxylic acids is 1. The summed E-state index contributed by atoms with van der Waals surface area (Å²) in [5, 5.41) is 13.8. The summed E-state index contributed by atoms with van der Waals surface area (Å²) in [5.41, 5.74) is -0.0303. The summed E-state index contributed by atoms with van der Waals surface area (Å²) < 4.78 is 38.1. The summed E-state index contributed by atoms with van der Waals surface area (Å²) in [7, 11) is 0. The zero-order valence-corrected chi connectivity index (χ0v) is 12.9. The Morgan fingerprint density at radius 3 is 2.58 bits per heavy atom. The molecular formula is C16H19F3N2O3. The number of carboxylic acid groups (broad SMARTS) is 1. The Morgan fingerprint density at radius 2 is 1.96 bits per heavy atom. The number of halogens is 3. The number of alkyl halides is 3. The van der Waals surface area contributed by atoms with Crippen molar-refractivity contribution in [1.82, 2.24) is 10.6 Å². The molecule has 0 heterocycles. The second kappa shape index (κ2) is 7.55. The molecule has 0 radical (unpaired) electrons. The van der Waals surface area contributed by atoms with E-state index in [9.17, 15) is 22.8 Å². The number of urea groups is 1. The minimum absolute atomic E-state index is 0.00427. The molecule has 0 atom stereocenters. The molecule has 3 N–H and O–H groups in total. The molecule has 1 saturated carbocycles. The molecule has 1 aliphatic carbocycles. The molecule has 1 aromatic carbocycles. The van der Waals surface area contributed by atoms with E-state index < -0.39 is 17.7 Å². The third-order valence-corrected chi connectivity index (χ3v) is 4.01. The van der Waals surface area contributed by atoms with Crippen molar-refractivity contribution < 1.29 is 27.9 Å². The van der Waals surface area contributed by atoms with Gasteiger partial charge in [0.1, 0.15) is 0 Å². The van der Waals surface area contributed by atoms with Crippen LogP contribution in [0.2, 0.25) is 0 Å². The van der Waals surface area contributed by atoms with Crippen molar-refractivity contribution in [2.45, 2.75) is 43.8 Å². The second-order valence-corrected chi connectivity index (χ2v) is 5.89. The van der Waals surface area contributed by atoms with Gasteiger partial charge in [0.15, 0.2) is 0 Å². The molecule has 0 aliphatic heterocycles. The highest BCUT2D eigenvalue weighted by Crippen LogP contribution is 2.39. The average molecular weight is 344 g/mol. The van der Waals surface area contributed by atoms with Crippen LogP contribution in [0.5, 0.6) is 0 Å². The Labute approximate surface area is 137 Å². The van der Waals surface area contributed by atoms with E-state index in [1.54, 1.807) is 6.07 Å². The predicted octanol–water partition coefficient (Wildman–Crippen LogP) is 3.12. The molecule has 132 valence electrons. The highest BCUT2D eigenvalue weighted by molar-refractivity contribution is 5.74. The van der Waals surface area contributed by atoms with Crippen LogP contribution >= 0.6 is 0 Å². The maximum atomic E-state index is 12.7. The second-order valence-electron chi connectivity index (χ2n) is 5.89. The molecule has 1 aliphatic rings. The molecular weight excluding hydrogens is 325 g/mol. The van der Waals surface area contributed by atoms with Crippen LogP contribution in [0.15, 0.2) is 24.3 Å². The average Bonchev–Trinajstić information content (AvgIpc) is 2.46. The van der Waals surface area contributed by atoms with Crippen LogP contribution in [0.1, 0.15) is 42.7 Å². The van der Waals surface area contributed by atoms with E-state index in [0.717, 1.165) is 12.1 Å². The van der Waals surface area contributed by atoms with Gasteiger partial charge in [-0.2, -0.15) is 13.2 Å². The van der Waals surface area contributed by atoms with Crippen molar-refractivity contribution in [1.29, 1.82) is 0 Å². The SMILES string of the molecule is O=C(O)CCCNC(=O)NC1CC(c2cccc(C(F)(F)F)c2)C1. The van der Waals surface area contributed by atoms with E-state index in [-0.39, 0.29) is 31.0 Å². The topological polar surface area (TPSA) is 78.4 Å². The molecule has 0 saturated heterocycles. The third-order valence-electron chi connectivity index (χ3n) is 4.01. The number of nitrogens with one attached hydrogen (secondary N) is 2. The lowest BCUT2D eigenvalue weighted by Crippen LogP contribution is -2.47. The van der Waals surface area contributed by atoms with Crippen molar-refractivity contribution in [3.8, 4) is 0 Å². The Hall–Kier alpha value is -2.25. The zero-order chi connectivity index (χ0) is 17.7. The smallest absolute Gasteiger partial charge is 0.416 e. The maximum Gasteiger partial charge on any atom is 0.416 e. The fourth-order valence-electron chi connectivity index (χ4n) is 2.65. The van der Waals surface area contributed by atoms with Crippen molar-refractivity contribution in [2.75, 3.05) is 6.54 Å². The van der Waals surface area contributed by atoms with Crippen LogP contribution in [0.4, 0.5) is 18.0 Å². The largest absolute Gasteiger partial charge is 0.481 e. The van der Waals surface area contributed by atoms with Crippen LogP contribution in [0.25, 0.3) is 0 Å².